The Hall–Kier alpha value is -1.43. The number of aromatic nitrogens is 1. The molecule has 6 heteroatoms. The lowest BCUT2D eigenvalue weighted by Crippen LogP contribution is -2.15. The molecule has 0 bridgehead atoms. The summed E-state index contributed by atoms with van der Waals surface area (Å²) in [5.74, 6) is 0.744. The van der Waals surface area contributed by atoms with Crippen LogP contribution in [0.15, 0.2) is 29.6 Å². The molecule has 0 aliphatic carbocycles. The van der Waals surface area contributed by atoms with Crippen LogP contribution < -0.4 is 10.6 Å². The van der Waals surface area contributed by atoms with Crippen LogP contribution in [0.1, 0.15) is 24.3 Å². The number of nitrogens with zero attached hydrogens (tertiary/aromatic N) is 1. The van der Waals surface area contributed by atoms with E-state index in [-0.39, 0.29) is 18.3 Å². The quantitative estimate of drug-likeness (QED) is 0.859. The Balaban J connectivity index is 0.00000192. The van der Waals surface area contributed by atoms with Crippen LogP contribution in [-0.4, -0.2) is 24.0 Å². The normalized spacial score (nSPS) is 16.8. The second-order valence-electron chi connectivity index (χ2n) is 5.78. The van der Waals surface area contributed by atoms with Crippen molar-refractivity contribution in [1.29, 1.82) is 0 Å². The Bertz CT molecular complexity index is 653. The van der Waals surface area contributed by atoms with Gasteiger partial charge >= 0.3 is 0 Å². The van der Waals surface area contributed by atoms with Gasteiger partial charge in [-0.15, -0.1) is 23.7 Å². The summed E-state index contributed by atoms with van der Waals surface area (Å²) in [6.45, 7) is 4.13. The van der Waals surface area contributed by atoms with Gasteiger partial charge in [0.2, 0.25) is 5.91 Å². The molecule has 1 amide bonds. The molecule has 1 aromatic heterocycles. The van der Waals surface area contributed by atoms with Crippen LogP contribution in [0.25, 0.3) is 11.3 Å². The van der Waals surface area contributed by atoms with Crippen LogP contribution in [0, 0.1) is 12.8 Å². The van der Waals surface area contributed by atoms with Crippen molar-refractivity contribution in [3.8, 4) is 11.3 Å². The minimum absolute atomic E-state index is 0. The van der Waals surface area contributed by atoms with Crippen molar-refractivity contribution >= 4 is 35.3 Å². The topological polar surface area (TPSA) is 54.0 Å². The van der Waals surface area contributed by atoms with Crippen molar-refractivity contribution in [3.63, 3.8) is 0 Å². The molecule has 124 valence electrons. The van der Waals surface area contributed by atoms with Crippen LogP contribution in [-0.2, 0) is 4.79 Å². The zero-order valence-electron chi connectivity index (χ0n) is 13.2. The summed E-state index contributed by atoms with van der Waals surface area (Å²) >= 11 is 1.64. The molecule has 2 heterocycles. The highest BCUT2D eigenvalue weighted by atomic mass is 35.5. The number of hydrogen-bond donors (Lipinski definition) is 2. The lowest BCUT2D eigenvalue weighted by molar-refractivity contribution is -0.116. The molecular weight excluding hydrogens is 330 g/mol. The Morgan fingerprint density at radius 2 is 2.35 bits per heavy atom. The zero-order valence-corrected chi connectivity index (χ0v) is 14.8. The first-order valence-electron chi connectivity index (χ1n) is 7.74. The fourth-order valence-corrected chi connectivity index (χ4v) is 3.39. The highest BCUT2D eigenvalue weighted by Crippen LogP contribution is 2.24. The first kappa shape index (κ1) is 17.9. The number of nitrogens with one attached hydrogen (secondary N) is 2. The first-order valence-corrected chi connectivity index (χ1v) is 8.62. The van der Waals surface area contributed by atoms with Gasteiger partial charge in [0.1, 0.15) is 0 Å². The molecule has 1 aromatic carbocycles. The number of halogens is 1. The molecule has 0 saturated carbocycles. The third kappa shape index (κ3) is 5.03. The number of amides is 1. The van der Waals surface area contributed by atoms with Crippen LogP contribution in [0.2, 0.25) is 0 Å². The van der Waals surface area contributed by atoms with E-state index in [4.69, 9.17) is 0 Å². The van der Waals surface area contributed by atoms with Crippen molar-refractivity contribution in [3.05, 3.63) is 34.7 Å². The average Bonchev–Trinajstić information content (AvgIpc) is 3.17. The van der Waals surface area contributed by atoms with Crippen molar-refractivity contribution in [2.75, 3.05) is 18.4 Å². The highest BCUT2D eigenvalue weighted by molar-refractivity contribution is 7.09. The van der Waals surface area contributed by atoms with Gasteiger partial charge in [0.25, 0.3) is 0 Å². The third-order valence-corrected chi connectivity index (χ3v) is 4.78. The summed E-state index contributed by atoms with van der Waals surface area (Å²) in [6.07, 6.45) is 2.74. The summed E-state index contributed by atoms with van der Waals surface area (Å²) in [6, 6.07) is 7.90. The second-order valence-corrected chi connectivity index (χ2v) is 6.84. The minimum Gasteiger partial charge on any atom is -0.326 e. The van der Waals surface area contributed by atoms with E-state index in [2.05, 4.69) is 15.6 Å². The highest BCUT2D eigenvalue weighted by Gasteiger charge is 2.15. The lowest BCUT2D eigenvalue weighted by atomic mass is 10.0. The van der Waals surface area contributed by atoms with Crippen LogP contribution >= 0.6 is 23.7 Å². The molecule has 2 aromatic rings. The maximum atomic E-state index is 12.1. The van der Waals surface area contributed by atoms with Crippen molar-refractivity contribution in [1.82, 2.24) is 10.3 Å². The van der Waals surface area contributed by atoms with Gasteiger partial charge in [-0.25, -0.2) is 4.98 Å². The molecule has 1 atom stereocenters. The third-order valence-electron chi connectivity index (χ3n) is 4.00. The molecule has 1 aliphatic rings. The fraction of sp³-hybridized carbons (Fsp3) is 0.412. The Kier molecular flexibility index (Phi) is 6.57. The molecule has 1 saturated heterocycles. The van der Waals surface area contributed by atoms with Gasteiger partial charge in [-0.2, -0.15) is 0 Å². The molecule has 1 aliphatic heterocycles. The summed E-state index contributed by atoms with van der Waals surface area (Å²) in [7, 11) is 0. The Morgan fingerprint density at radius 1 is 1.48 bits per heavy atom. The van der Waals surface area contributed by atoms with Gasteiger partial charge < -0.3 is 10.6 Å². The standard InChI is InChI=1S/C17H21N3OS.ClH/c1-12-19-16(11-22-12)14-3-2-4-15(9-14)20-17(21)6-5-13-7-8-18-10-13;/h2-4,9,11,13,18H,5-8,10H2,1H3,(H,20,21);1H. The molecule has 1 fully saturated rings. The van der Waals surface area contributed by atoms with Crippen molar-refractivity contribution < 1.29 is 4.79 Å². The molecule has 23 heavy (non-hydrogen) atoms. The minimum atomic E-state index is 0. The van der Waals surface area contributed by atoms with Gasteiger partial charge in [-0.05, 0) is 50.9 Å². The number of anilines is 1. The lowest BCUT2D eigenvalue weighted by Gasteiger charge is -2.09. The Labute approximate surface area is 147 Å². The van der Waals surface area contributed by atoms with Gasteiger partial charge in [0, 0.05) is 23.1 Å². The molecular formula is C17H22ClN3OS. The molecule has 1 unspecified atom stereocenters. The zero-order chi connectivity index (χ0) is 15.4. The summed E-state index contributed by atoms with van der Waals surface area (Å²) in [5.41, 5.74) is 2.86. The molecule has 0 spiro atoms. The van der Waals surface area contributed by atoms with Gasteiger partial charge in [0.05, 0.1) is 10.7 Å². The van der Waals surface area contributed by atoms with E-state index in [1.165, 1.54) is 6.42 Å². The largest absolute Gasteiger partial charge is 0.326 e. The fourth-order valence-electron chi connectivity index (χ4n) is 2.77. The van der Waals surface area contributed by atoms with E-state index >= 15 is 0 Å². The van der Waals surface area contributed by atoms with Crippen molar-refractivity contribution in [2.45, 2.75) is 26.2 Å². The number of benzene rings is 1. The SMILES string of the molecule is Cc1nc(-c2cccc(NC(=O)CCC3CCNC3)c2)cs1.Cl. The number of carbonyl (C=O) groups excluding carboxylic acids is 1. The van der Waals surface area contributed by atoms with Crippen molar-refractivity contribution in [2.24, 2.45) is 5.92 Å². The number of carbonyl (C=O) groups is 1. The van der Waals surface area contributed by atoms with E-state index in [1.54, 1.807) is 11.3 Å². The first-order chi connectivity index (χ1) is 10.7. The van der Waals surface area contributed by atoms with Crippen LogP contribution in [0.3, 0.4) is 0 Å². The number of hydrogen-bond acceptors (Lipinski definition) is 4. The summed E-state index contributed by atoms with van der Waals surface area (Å²) < 4.78 is 0. The molecule has 2 N–H and O–H groups in total. The van der Waals surface area contributed by atoms with E-state index in [1.807, 2.05) is 36.6 Å². The molecule has 0 radical (unpaired) electrons. The maximum absolute atomic E-state index is 12.1. The summed E-state index contributed by atoms with van der Waals surface area (Å²) in [4.78, 5) is 16.6. The Morgan fingerprint density at radius 3 is 3.04 bits per heavy atom. The van der Waals surface area contributed by atoms with Crippen LogP contribution in [0.4, 0.5) is 5.69 Å². The predicted octanol–water partition coefficient (Wildman–Crippen LogP) is 3.87. The van der Waals surface area contributed by atoms with E-state index in [0.29, 0.717) is 12.3 Å². The van der Waals surface area contributed by atoms with Crippen LogP contribution in [0.5, 0.6) is 0 Å². The van der Waals surface area contributed by atoms with E-state index in [0.717, 1.165) is 41.5 Å². The monoisotopic (exact) mass is 351 g/mol. The average molecular weight is 352 g/mol. The maximum Gasteiger partial charge on any atom is 0.224 e. The number of aryl methyl sites for hydroxylation is 1. The predicted molar refractivity (Wildman–Crippen MR) is 98.4 cm³/mol. The molecule has 3 rings (SSSR count). The van der Waals surface area contributed by atoms with E-state index in [9.17, 15) is 4.79 Å². The number of rotatable bonds is 5. The van der Waals surface area contributed by atoms with Gasteiger partial charge in [-0.3, -0.25) is 4.79 Å². The molecule has 4 nitrogen and oxygen atoms in total. The summed E-state index contributed by atoms with van der Waals surface area (Å²) in [5, 5.41) is 9.43. The number of thiazole rings is 1. The second kappa shape index (κ2) is 8.43. The van der Waals surface area contributed by atoms with E-state index < -0.39 is 0 Å². The smallest absolute Gasteiger partial charge is 0.224 e. The van der Waals surface area contributed by atoms with Gasteiger partial charge in [-0.1, -0.05) is 12.1 Å². The van der Waals surface area contributed by atoms with Gasteiger partial charge in [0.15, 0.2) is 0 Å².